The molecule has 0 unspecified atom stereocenters. The van der Waals surface area contributed by atoms with E-state index in [1.807, 2.05) is 6.07 Å². The van der Waals surface area contributed by atoms with E-state index in [2.05, 4.69) is 55.0 Å². The SMILES string of the molecule is CCNC(=NCCCc1nnc2n1CCCCC2)N1CCN(c2cccc(OC)c2)CC1. The van der Waals surface area contributed by atoms with Crippen molar-refractivity contribution in [1.29, 1.82) is 0 Å². The molecule has 2 aliphatic rings. The summed E-state index contributed by atoms with van der Waals surface area (Å²) in [5.74, 6) is 4.24. The maximum atomic E-state index is 5.38. The molecule has 1 saturated heterocycles. The minimum atomic E-state index is 0.806. The molecule has 3 heterocycles. The van der Waals surface area contributed by atoms with Crippen LogP contribution in [0.5, 0.6) is 5.75 Å². The van der Waals surface area contributed by atoms with Crippen LogP contribution < -0.4 is 15.0 Å². The lowest BCUT2D eigenvalue weighted by Gasteiger charge is -2.37. The van der Waals surface area contributed by atoms with Gasteiger partial charge in [-0.3, -0.25) is 4.99 Å². The summed E-state index contributed by atoms with van der Waals surface area (Å²) in [6, 6.07) is 8.32. The smallest absolute Gasteiger partial charge is 0.194 e. The van der Waals surface area contributed by atoms with Gasteiger partial charge in [0, 0.05) is 70.4 Å². The fraction of sp³-hybridized carbons (Fsp3) is 0.625. The molecule has 2 aliphatic heterocycles. The van der Waals surface area contributed by atoms with Crippen molar-refractivity contribution in [1.82, 2.24) is 25.0 Å². The summed E-state index contributed by atoms with van der Waals surface area (Å²) >= 11 is 0. The van der Waals surface area contributed by atoms with Crippen molar-refractivity contribution < 1.29 is 4.74 Å². The number of aromatic nitrogens is 3. The molecule has 1 aromatic carbocycles. The second-order valence-corrected chi connectivity index (χ2v) is 8.51. The number of hydrogen-bond donors (Lipinski definition) is 1. The van der Waals surface area contributed by atoms with Crippen LogP contribution in [0.15, 0.2) is 29.3 Å². The molecule has 174 valence electrons. The first kappa shape index (κ1) is 22.4. The molecule has 0 bridgehead atoms. The third-order valence-corrected chi connectivity index (χ3v) is 6.34. The quantitative estimate of drug-likeness (QED) is 0.406. The lowest BCUT2D eigenvalue weighted by molar-refractivity contribution is 0.372. The van der Waals surface area contributed by atoms with Gasteiger partial charge in [-0.1, -0.05) is 12.5 Å². The van der Waals surface area contributed by atoms with Gasteiger partial charge in [-0.15, -0.1) is 10.2 Å². The van der Waals surface area contributed by atoms with Gasteiger partial charge >= 0.3 is 0 Å². The number of methoxy groups -OCH3 is 1. The highest BCUT2D eigenvalue weighted by Gasteiger charge is 2.20. The van der Waals surface area contributed by atoms with Crippen LogP contribution in [0.1, 0.15) is 44.3 Å². The third kappa shape index (κ3) is 5.53. The zero-order chi connectivity index (χ0) is 22.2. The number of nitrogens with zero attached hydrogens (tertiary/aromatic N) is 6. The monoisotopic (exact) mass is 439 g/mol. The number of anilines is 1. The summed E-state index contributed by atoms with van der Waals surface area (Å²) in [7, 11) is 1.72. The lowest BCUT2D eigenvalue weighted by Crippen LogP contribution is -2.52. The maximum Gasteiger partial charge on any atom is 0.194 e. The second kappa shape index (κ2) is 11.2. The largest absolute Gasteiger partial charge is 0.497 e. The number of aryl methyl sites for hydroxylation is 2. The van der Waals surface area contributed by atoms with Crippen molar-refractivity contribution in [3.05, 3.63) is 35.9 Å². The normalized spacial score (nSPS) is 17.1. The van der Waals surface area contributed by atoms with E-state index >= 15 is 0 Å². The zero-order valence-electron chi connectivity index (χ0n) is 19.6. The Morgan fingerprint density at radius 1 is 1.09 bits per heavy atom. The molecule has 8 heteroatoms. The van der Waals surface area contributed by atoms with Gasteiger partial charge in [0.1, 0.15) is 17.4 Å². The van der Waals surface area contributed by atoms with Crippen LogP contribution in [-0.4, -0.2) is 72.0 Å². The van der Waals surface area contributed by atoms with Crippen molar-refractivity contribution in [3.63, 3.8) is 0 Å². The van der Waals surface area contributed by atoms with Crippen LogP contribution in [0, 0.1) is 0 Å². The highest BCUT2D eigenvalue weighted by molar-refractivity contribution is 5.80. The fourth-order valence-electron chi connectivity index (χ4n) is 4.56. The molecule has 1 aromatic heterocycles. The second-order valence-electron chi connectivity index (χ2n) is 8.51. The van der Waals surface area contributed by atoms with Gasteiger partial charge in [-0.05, 0) is 38.3 Å². The Morgan fingerprint density at radius 3 is 2.78 bits per heavy atom. The van der Waals surface area contributed by atoms with Crippen LogP contribution in [0.2, 0.25) is 0 Å². The minimum absolute atomic E-state index is 0.806. The van der Waals surface area contributed by atoms with E-state index in [1.54, 1.807) is 7.11 Å². The number of nitrogens with one attached hydrogen (secondary N) is 1. The van der Waals surface area contributed by atoms with Crippen molar-refractivity contribution in [2.45, 2.75) is 52.0 Å². The average molecular weight is 440 g/mol. The molecule has 0 radical (unpaired) electrons. The van der Waals surface area contributed by atoms with Crippen molar-refractivity contribution >= 4 is 11.6 Å². The number of hydrogen-bond acceptors (Lipinski definition) is 5. The first-order chi connectivity index (χ1) is 15.8. The molecule has 32 heavy (non-hydrogen) atoms. The first-order valence-electron chi connectivity index (χ1n) is 12.1. The molecule has 2 aromatic rings. The van der Waals surface area contributed by atoms with Crippen molar-refractivity contribution in [2.24, 2.45) is 4.99 Å². The van der Waals surface area contributed by atoms with Crippen molar-refractivity contribution in [2.75, 3.05) is 51.3 Å². The van der Waals surface area contributed by atoms with E-state index < -0.39 is 0 Å². The molecule has 8 nitrogen and oxygen atoms in total. The molecule has 4 rings (SSSR count). The Labute approximate surface area is 191 Å². The van der Waals surface area contributed by atoms with Crippen LogP contribution >= 0.6 is 0 Å². The molecule has 0 amide bonds. The van der Waals surface area contributed by atoms with E-state index in [0.29, 0.717) is 0 Å². The van der Waals surface area contributed by atoms with Crippen LogP contribution in [0.25, 0.3) is 0 Å². The van der Waals surface area contributed by atoms with Crippen LogP contribution in [0.4, 0.5) is 5.69 Å². The van der Waals surface area contributed by atoms with E-state index in [4.69, 9.17) is 9.73 Å². The number of rotatable bonds is 7. The predicted molar refractivity (Wildman–Crippen MR) is 129 cm³/mol. The fourth-order valence-corrected chi connectivity index (χ4v) is 4.56. The number of aliphatic imine (C=N–C) groups is 1. The number of ether oxygens (including phenoxy) is 1. The molecular formula is C24H37N7O. The average Bonchev–Trinajstić information content (AvgIpc) is 3.06. The number of benzene rings is 1. The van der Waals surface area contributed by atoms with Gasteiger partial charge < -0.3 is 24.4 Å². The van der Waals surface area contributed by atoms with Crippen LogP contribution in [-0.2, 0) is 19.4 Å². The van der Waals surface area contributed by atoms with Crippen LogP contribution in [0.3, 0.4) is 0 Å². The minimum Gasteiger partial charge on any atom is -0.497 e. The topological polar surface area (TPSA) is 70.8 Å². The molecule has 1 N–H and O–H groups in total. The highest BCUT2D eigenvalue weighted by Crippen LogP contribution is 2.22. The highest BCUT2D eigenvalue weighted by atomic mass is 16.5. The summed E-state index contributed by atoms with van der Waals surface area (Å²) in [4.78, 5) is 9.72. The Bertz CT molecular complexity index is 886. The van der Waals surface area contributed by atoms with E-state index in [-0.39, 0.29) is 0 Å². The maximum absolute atomic E-state index is 5.38. The Kier molecular flexibility index (Phi) is 7.85. The zero-order valence-corrected chi connectivity index (χ0v) is 19.6. The van der Waals surface area contributed by atoms with Gasteiger partial charge in [0.05, 0.1) is 7.11 Å². The summed E-state index contributed by atoms with van der Waals surface area (Å²) in [5.41, 5.74) is 1.22. The number of fused-ring (bicyclic) bond motifs is 1. The van der Waals surface area contributed by atoms with Gasteiger partial charge in [0.15, 0.2) is 5.96 Å². The first-order valence-corrected chi connectivity index (χ1v) is 12.1. The third-order valence-electron chi connectivity index (χ3n) is 6.34. The number of guanidine groups is 1. The summed E-state index contributed by atoms with van der Waals surface area (Å²) in [5, 5.41) is 12.4. The standard InChI is InChI=1S/C24H37N7O/c1-3-25-24(26-13-8-12-23-28-27-22-11-5-4-6-14-31(22)23)30-17-15-29(16-18-30)20-9-7-10-21(19-20)32-2/h7,9-10,19H,3-6,8,11-18H2,1-2H3,(H,25,26). The summed E-state index contributed by atoms with van der Waals surface area (Å²) in [6.07, 6.45) is 6.78. The molecule has 0 saturated carbocycles. The molecule has 0 aliphatic carbocycles. The van der Waals surface area contributed by atoms with Gasteiger partial charge in [0.25, 0.3) is 0 Å². The van der Waals surface area contributed by atoms with E-state index in [0.717, 1.165) is 82.6 Å². The van der Waals surface area contributed by atoms with Gasteiger partial charge in [-0.2, -0.15) is 0 Å². The molecule has 1 fully saturated rings. The molecule has 0 spiro atoms. The van der Waals surface area contributed by atoms with Gasteiger partial charge in [-0.25, -0.2) is 0 Å². The Morgan fingerprint density at radius 2 is 1.97 bits per heavy atom. The Hall–Kier alpha value is -2.77. The Balaban J connectivity index is 1.29. The predicted octanol–water partition coefficient (Wildman–Crippen LogP) is 2.73. The summed E-state index contributed by atoms with van der Waals surface area (Å²) in [6.45, 7) is 8.76. The molecular weight excluding hydrogens is 402 g/mol. The summed E-state index contributed by atoms with van der Waals surface area (Å²) < 4.78 is 7.73. The van der Waals surface area contributed by atoms with E-state index in [1.165, 1.54) is 30.8 Å². The van der Waals surface area contributed by atoms with E-state index in [9.17, 15) is 0 Å². The lowest BCUT2D eigenvalue weighted by atomic mass is 10.2. The van der Waals surface area contributed by atoms with Gasteiger partial charge in [0.2, 0.25) is 0 Å². The number of piperazine rings is 1. The van der Waals surface area contributed by atoms with Crippen molar-refractivity contribution in [3.8, 4) is 5.75 Å². The molecule has 0 atom stereocenters.